The lowest BCUT2D eigenvalue weighted by Crippen LogP contribution is -2.36. The molecule has 0 radical (unpaired) electrons. The normalized spacial score (nSPS) is 10.8. The SMILES string of the molecule is COC(CN)C(=O)Nc1cccc(C)n1.Cl.Cl. The van der Waals surface area contributed by atoms with Crippen LogP contribution in [0, 0.1) is 6.92 Å². The lowest BCUT2D eigenvalue weighted by atomic mass is 10.3. The van der Waals surface area contributed by atoms with Crippen LogP contribution < -0.4 is 11.1 Å². The van der Waals surface area contributed by atoms with Gasteiger partial charge >= 0.3 is 0 Å². The van der Waals surface area contributed by atoms with Gasteiger partial charge in [-0.25, -0.2) is 4.98 Å². The topological polar surface area (TPSA) is 77.2 Å². The number of carbonyl (C=O) groups is 1. The molecule has 0 aliphatic rings. The molecule has 5 nitrogen and oxygen atoms in total. The van der Waals surface area contributed by atoms with Crippen LogP contribution in [0.15, 0.2) is 18.2 Å². The van der Waals surface area contributed by atoms with Gasteiger partial charge in [-0.1, -0.05) is 6.07 Å². The minimum Gasteiger partial charge on any atom is -0.370 e. The number of nitrogens with one attached hydrogen (secondary N) is 1. The Morgan fingerprint density at radius 3 is 2.65 bits per heavy atom. The van der Waals surface area contributed by atoms with Crippen molar-refractivity contribution in [2.75, 3.05) is 19.0 Å². The molecule has 3 N–H and O–H groups in total. The van der Waals surface area contributed by atoms with Gasteiger partial charge in [-0.15, -0.1) is 24.8 Å². The Bertz CT molecular complexity index is 346. The van der Waals surface area contributed by atoms with E-state index >= 15 is 0 Å². The molecule has 0 aliphatic carbocycles. The number of hydrogen-bond donors (Lipinski definition) is 2. The van der Waals surface area contributed by atoms with Crippen molar-refractivity contribution < 1.29 is 9.53 Å². The third-order valence-corrected chi connectivity index (χ3v) is 1.93. The summed E-state index contributed by atoms with van der Waals surface area (Å²) in [7, 11) is 1.45. The molecule has 1 rings (SSSR count). The summed E-state index contributed by atoms with van der Waals surface area (Å²) in [6.07, 6.45) is -0.632. The van der Waals surface area contributed by atoms with Gasteiger partial charge in [0, 0.05) is 19.3 Å². The van der Waals surface area contributed by atoms with Crippen LogP contribution in [-0.4, -0.2) is 30.6 Å². The molecule has 1 heterocycles. The van der Waals surface area contributed by atoms with Crippen molar-refractivity contribution in [2.45, 2.75) is 13.0 Å². The van der Waals surface area contributed by atoms with Gasteiger partial charge in [0.15, 0.2) is 0 Å². The highest BCUT2D eigenvalue weighted by Gasteiger charge is 2.15. The van der Waals surface area contributed by atoms with Crippen LogP contribution in [0.1, 0.15) is 5.69 Å². The number of rotatable bonds is 4. The van der Waals surface area contributed by atoms with Crippen LogP contribution >= 0.6 is 24.8 Å². The lowest BCUT2D eigenvalue weighted by molar-refractivity contribution is -0.125. The number of nitrogens with zero attached hydrogens (tertiary/aromatic N) is 1. The molecule has 0 aromatic carbocycles. The van der Waals surface area contributed by atoms with Crippen LogP contribution in [0.3, 0.4) is 0 Å². The molecule has 0 spiro atoms. The van der Waals surface area contributed by atoms with Crippen molar-refractivity contribution in [2.24, 2.45) is 5.73 Å². The first kappa shape index (κ1) is 18.5. The van der Waals surface area contributed by atoms with Crippen molar-refractivity contribution in [3.8, 4) is 0 Å². The maximum Gasteiger partial charge on any atom is 0.255 e. The van der Waals surface area contributed by atoms with Crippen LogP contribution in [0.5, 0.6) is 0 Å². The Balaban J connectivity index is 0. The van der Waals surface area contributed by atoms with E-state index in [2.05, 4.69) is 10.3 Å². The molecule has 98 valence electrons. The van der Waals surface area contributed by atoms with Crippen LogP contribution in [0.4, 0.5) is 5.82 Å². The molecule has 0 fully saturated rings. The molecular weight excluding hydrogens is 265 g/mol. The lowest BCUT2D eigenvalue weighted by Gasteiger charge is -2.12. The summed E-state index contributed by atoms with van der Waals surface area (Å²) < 4.78 is 4.90. The van der Waals surface area contributed by atoms with Crippen LogP contribution in [-0.2, 0) is 9.53 Å². The van der Waals surface area contributed by atoms with Crippen LogP contribution in [0.2, 0.25) is 0 Å². The third-order valence-electron chi connectivity index (χ3n) is 1.93. The number of ether oxygens (including phenoxy) is 1. The molecule has 7 heteroatoms. The molecular formula is C10H17Cl2N3O2. The maximum absolute atomic E-state index is 11.5. The first-order valence-corrected chi connectivity index (χ1v) is 4.64. The second kappa shape index (κ2) is 9.18. The van der Waals surface area contributed by atoms with E-state index in [0.29, 0.717) is 5.82 Å². The molecule has 1 atom stereocenters. The highest BCUT2D eigenvalue weighted by atomic mass is 35.5. The van der Waals surface area contributed by atoms with Crippen molar-refractivity contribution >= 4 is 36.5 Å². The Morgan fingerprint density at radius 2 is 2.18 bits per heavy atom. The quantitative estimate of drug-likeness (QED) is 0.868. The molecule has 0 saturated heterocycles. The summed E-state index contributed by atoms with van der Waals surface area (Å²) in [6, 6.07) is 5.39. The summed E-state index contributed by atoms with van der Waals surface area (Å²) in [6.45, 7) is 2.00. The number of halogens is 2. The summed E-state index contributed by atoms with van der Waals surface area (Å²) in [5.41, 5.74) is 6.20. The number of hydrogen-bond acceptors (Lipinski definition) is 4. The molecule has 1 amide bonds. The zero-order valence-electron chi connectivity index (χ0n) is 9.67. The van der Waals surface area contributed by atoms with Crippen LogP contribution in [0.25, 0.3) is 0 Å². The van der Waals surface area contributed by atoms with Gasteiger partial charge in [0.2, 0.25) is 0 Å². The Morgan fingerprint density at radius 1 is 1.53 bits per heavy atom. The maximum atomic E-state index is 11.5. The standard InChI is InChI=1S/C10H15N3O2.2ClH/c1-7-4-3-5-9(12-7)13-10(14)8(6-11)15-2;;/h3-5,8H,6,11H2,1-2H3,(H,12,13,14);2*1H. The number of aromatic nitrogens is 1. The average Bonchev–Trinajstić information content (AvgIpc) is 2.19. The van der Waals surface area contributed by atoms with Gasteiger partial charge in [-0.2, -0.15) is 0 Å². The van der Waals surface area contributed by atoms with Gasteiger partial charge in [-0.3, -0.25) is 4.79 Å². The fourth-order valence-corrected chi connectivity index (χ4v) is 1.13. The first-order chi connectivity index (χ1) is 7.17. The van der Waals surface area contributed by atoms with Gasteiger partial charge in [0.1, 0.15) is 11.9 Å². The summed E-state index contributed by atoms with van der Waals surface area (Å²) in [5, 5.41) is 2.63. The first-order valence-electron chi connectivity index (χ1n) is 4.64. The van der Waals surface area contributed by atoms with Gasteiger partial charge < -0.3 is 15.8 Å². The third kappa shape index (κ3) is 5.83. The van der Waals surface area contributed by atoms with Gasteiger partial charge in [-0.05, 0) is 19.1 Å². The number of amides is 1. The highest BCUT2D eigenvalue weighted by Crippen LogP contribution is 2.04. The van der Waals surface area contributed by atoms with E-state index in [9.17, 15) is 4.79 Å². The Hall–Kier alpha value is -0.880. The summed E-state index contributed by atoms with van der Waals surface area (Å²) in [4.78, 5) is 15.7. The zero-order valence-corrected chi connectivity index (χ0v) is 11.3. The molecule has 1 unspecified atom stereocenters. The van der Waals surface area contributed by atoms with Gasteiger partial charge in [0.25, 0.3) is 5.91 Å². The second-order valence-corrected chi connectivity index (χ2v) is 3.11. The van der Waals surface area contributed by atoms with E-state index in [0.717, 1.165) is 5.69 Å². The molecule has 1 aromatic rings. The Labute approximate surface area is 113 Å². The molecule has 0 aliphatic heterocycles. The minimum absolute atomic E-state index is 0. The van der Waals surface area contributed by atoms with Crippen molar-refractivity contribution in [3.05, 3.63) is 23.9 Å². The van der Waals surface area contributed by atoms with E-state index in [1.54, 1.807) is 6.07 Å². The molecule has 1 aromatic heterocycles. The Kier molecular flexibility index (Phi) is 9.98. The number of aryl methyl sites for hydroxylation is 1. The molecule has 17 heavy (non-hydrogen) atoms. The summed E-state index contributed by atoms with van der Waals surface area (Å²) in [5.74, 6) is 0.230. The smallest absolute Gasteiger partial charge is 0.255 e. The van der Waals surface area contributed by atoms with Gasteiger partial charge in [0.05, 0.1) is 0 Å². The fourth-order valence-electron chi connectivity index (χ4n) is 1.13. The summed E-state index contributed by atoms with van der Waals surface area (Å²) >= 11 is 0. The van der Waals surface area contributed by atoms with E-state index in [4.69, 9.17) is 10.5 Å². The number of methoxy groups -OCH3 is 1. The predicted molar refractivity (Wildman–Crippen MR) is 72.0 cm³/mol. The van der Waals surface area contributed by atoms with E-state index in [1.165, 1.54) is 7.11 Å². The van der Waals surface area contributed by atoms with E-state index in [-0.39, 0.29) is 37.3 Å². The van der Waals surface area contributed by atoms with Crippen molar-refractivity contribution in [1.82, 2.24) is 4.98 Å². The molecule has 0 bridgehead atoms. The molecule has 0 saturated carbocycles. The van der Waals surface area contributed by atoms with Crippen molar-refractivity contribution in [1.29, 1.82) is 0 Å². The largest absolute Gasteiger partial charge is 0.370 e. The number of carbonyl (C=O) groups excluding carboxylic acids is 1. The monoisotopic (exact) mass is 281 g/mol. The average molecular weight is 282 g/mol. The predicted octanol–water partition coefficient (Wildman–Crippen LogP) is 1.15. The zero-order chi connectivity index (χ0) is 11.3. The number of anilines is 1. The minimum atomic E-state index is -0.632. The fraction of sp³-hybridized carbons (Fsp3) is 0.400. The highest BCUT2D eigenvalue weighted by molar-refractivity contribution is 5.93. The van der Waals surface area contributed by atoms with E-state index < -0.39 is 6.10 Å². The number of nitrogens with two attached hydrogens (primary N) is 1. The second-order valence-electron chi connectivity index (χ2n) is 3.11. The van der Waals surface area contributed by atoms with Crippen molar-refractivity contribution in [3.63, 3.8) is 0 Å². The van der Waals surface area contributed by atoms with E-state index in [1.807, 2.05) is 19.1 Å². The number of pyridine rings is 1.